The predicted molar refractivity (Wildman–Crippen MR) is 232 cm³/mol. The fourth-order valence-electron chi connectivity index (χ4n) is 9.55. The van der Waals surface area contributed by atoms with Gasteiger partial charge >= 0.3 is 0 Å². The van der Waals surface area contributed by atoms with Crippen LogP contribution in [0.25, 0.3) is 55.0 Å². The highest BCUT2D eigenvalue weighted by Crippen LogP contribution is 2.64. The first-order chi connectivity index (χ1) is 27.3. The monoisotopic (exact) mass is 706 g/mol. The van der Waals surface area contributed by atoms with Gasteiger partial charge in [-0.25, -0.2) is 0 Å². The van der Waals surface area contributed by atoms with Gasteiger partial charge in [0, 0.05) is 40.3 Å². The van der Waals surface area contributed by atoms with Crippen molar-refractivity contribution in [1.29, 1.82) is 0 Å². The molecule has 3 aliphatic rings. The van der Waals surface area contributed by atoms with Crippen LogP contribution < -0.4 is 0 Å². The summed E-state index contributed by atoms with van der Waals surface area (Å²) in [6.07, 6.45) is 10.3. The highest BCUT2D eigenvalue weighted by atomic mass is 15.0. The molecule has 2 nitrogen and oxygen atoms in total. The molecule has 3 aliphatic carbocycles. The number of aromatic amines is 1. The lowest BCUT2D eigenvalue weighted by Crippen LogP contribution is -2.27. The number of fused-ring (bicyclic) bond motifs is 14. The predicted octanol–water partition coefficient (Wildman–Crippen LogP) is 13.8. The minimum Gasteiger partial charge on any atom is -0.361 e. The Balaban J connectivity index is 0.000000208. The topological polar surface area (TPSA) is 20.7 Å². The molecule has 0 radical (unpaired) electrons. The van der Waals surface area contributed by atoms with Gasteiger partial charge in [-0.3, -0.25) is 0 Å². The fraction of sp³-hybridized carbons (Fsp3) is 0.0943. The second-order valence-electron chi connectivity index (χ2n) is 14.5. The number of hydrogen-bond donors (Lipinski definition) is 1. The maximum Gasteiger partial charge on any atom is 0.0722 e. The highest BCUT2D eigenvalue weighted by molar-refractivity contribution is 6.06. The number of nitrogens with one attached hydrogen (secondary N) is 1. The van der Waals surface area contributed by atoms with Crippen molar-refractivity contribution in [1.82, 2.24) is 9.55 Å². The average molecular weight is 707 g/mol. The van der Waals surface area contributed by atoms with E-state index in [0.717, 1.165) is 6.42 Å². The SMILES string of the molecule is C1=C2C(=CC(c3ccc4c(ccn4-c4ccccc4)c3)C1)C1(c3ccccc32)c2ccccc2-c2ccccc21.CC.c1ccc2c(c1)ccc1[nH]ccc12. The average Bonchev–Trinajstić information content (AvgIpc) is 4.05. The Kier molecular flexibility index (Phi) is 7.99. The molecular weight excluding hydrogens is 665 g/mol. The standard InChI is InChI=1S/C39H27N.C12H9N.C2H6/c1-2-10-29(11-3-1)40-23-22-28-24-26(19-21-38(28)40)27-18-20-33-32-14-6-9-17-36(32)39(37(33)25-27)34-15-7-4-12-30(34)31-13-5-8-16-35(31)39;1-2-4-10-9(3-1)5-6-12-11(10)7-8-13-12;1-2/h1-17,19-25,27H,18H2;1-8,13H;1-2H3. The molecule has 2 heterocycles. The minimum absolute atomic E-state index is 0.269. The molecular formula is C53H42N2. The van der Waals surface area contributed by atoms with Crippen LogP contribution in [-0.2, 0) is 5.41 Å². The third-order valence-electron chi connectivity index (χ3n) is 11.8. The summed E-state index contributed by atoms with van der Waals surface area (Å²) in [5.74, 6) is 0.328. The molecule has 0 bridgehead atoms. The van der Waals surface area contributed by atoms with E-state index >= 15 is 0 Å². The molecule has 2 aromatic heterocycles. The summed E-state index contributed by atoms with van der Waals surface area (Å²) in [5, 5.41) is 5.21. The molecule has 0 saturated carbocycles. The van der Waals surface area contributed by atoms with E-state index in [1.807, 2.05) is 20.0 Å². The van der Waals surface area contributed by atoms with E-state index in [1.54, 1.807) is 0 Å². The second-order valence-corrected chi connectivity index (χ2v) is 14.5. The van der Waals surface area contributed by atoms with Gasteiger partial charge < -0.3 is 9.55 Å². The van der Waals surface area contributed by atoms with E-state index in [1.165, 1.54) is 88.4 Å². The maximum atomic E-state index is 3.21. The van der Waals surface area contributed by atoms with Crippen LogP contribution >= 0.6 is 0 Å². The van der Waals surface area contributed by atoms with Crippen LogP contribution in [-0.4, -0.2) is 9.55 Å². The van der Waals surface area contributed by atoms with E-state index < -0.39 is 0 Å². The summed E-state index contributed by atoms with van der Waals surface area (Å²) in [5.41, 5.74) is 16.0. The number of para-hydroxylation sites is 1. The van der Waals surface area contributed by atoms with Gasteiger partial charge in [-0.05, 0) is 110 Å². The molecule has 7 aromatic carbocycles. The van der Waals surface area contributed by atoms with Crippen LogP contribution in [0.4, 0.5) is 0 Å². The highest BCUT2D eigenvalue weighted by Gasteiger charge is 2.53. The lowest BCUT2D eigenvalue weighted by atomic mass is 9.68. The van der Waals surface area contributed by atoms with Crippen LogP contribution in [0.2, 0.25) is 0 Å². The van der Waals surface area contributed by atoms with Crippen LogP contribution in [0.3, 0.4) is 0 Å². The molecule has 1 N–H and O–H groups in total. The molecule has 12 rings (SSSR count). The normalized spacial score (nSPS) is 15.6. The Bertz CT molecular complexity index is 2890. The quantitative estimate of drug-likeness (QED) is 0.185. The first kappa shape index (κ1) is 33.0. The van der Waals surface area contributed by atoms with Crippen LogP contribution in [0, 0.1) is 0 Å². The molecule has 0 saturated heterocycles. The number of benzene rings is 7. The Morgan fingerprint density at radius 2 is 1.22 bits per heavy atom. The molecule has 0 aliphatic heterocycles. The first-order valence-corrected chi connectivity index (χ1v) is 19.6. The Labute approximate surface area is 322 Å². The van der Waals surface area contributed by atoms with Gasteiger partial charge in [-0.1, -0.05) is 153 Å². The molecule has 0 fully saturated rings. The van der Waals surface area contributed by atoms with Crippen molar-refractivity contribution >= 4 is 38.2 Å². The van der Waals surface area contributed by atoms with Crippen molar-refractivity contribution in [3.63, 3.8) is 0 Å². The van der Waals surface area contributed by atoms with Crippen molar-refractivity contribution in [2.24, 2.45) is 0 Å². The summed E-state index contributed by atoms with van der Waals surface area (Å²) in [4.78, 5) is 3.21. The van der Waals surface area contributed by atoms with Gasteiger partial charge in [-0.15, -0.1) is 0 Å². The molecule has 0 amide bonds. The van der Waals surface area contributed by atoms with Crippen LogP contribution in [0.1, 0.15) is 54.0 Å². The van der Waals surface area contributed by atoms with Gasteiger partial charge in [0.1, 0.15) is 0 Å². The maximum absolute atomic E-state index is 3.21. The van der Waals surface area contributed by atoms with Crippen LogP contribution in [0.5, 0.6) is 0 Å². The number of nitrogens with zero attached hydrogens (tertiary/aromatic N) is 1. The number of H-pyrrole nitrogens is 1. The smallest absolute Gasteiger partial charge is 0.0722 e. The zero-order chi connectivity index (χ0) is 36.9. The van der Waals surface area contributed by atoms with Crippen molar-refractivity contribution in [2.45, 2.75) is 31.6 Å². The molecule has 1 atom stereocenters. The van der Waals surface area contributed by atoms with Gasteiger partial charge in [0.25, 0.3) is 0 Å². The second kappa shape index (κ2) is 13.3. The fourth-order valence-corrected chi connectivity index (χ4v) is 9.55. The van der Waals surface area contributed by atoms with Gasteiger partial charge in [0.05, 0.1) is 10.9 Å². The zero-order valence-corrected chi connectivity index (χ0v) is 31.2. The molecule has 264 valence electrons. The molecule has 1 unspecified atom stereocenters. The van der Waals surface area contributed by atoms with E-state index in [0.29, 0.717) is 5.92 Å². The van der Waals surface area contributed by atoms with Crippen molar-refractivity contribution < 1.29 is 0 Å². The number of allylic oxidation sites excluding steroid dienone is 4. The first-order valence-electron chi connectivity index (χ1n) is 19.6. The van der Waals surface area contributed by atoms with Gasteiger partial charge in [0.15, 0.2) is 0 Å². The minimum atomic E-state index is -0.269. The van der Waals surface area contributed by atoms with Crippen molar-refractivity contribution in [2.75, 3.05) is 0 Å². The Hall–Kier alpha value is -6.64. The van der Waals surface area contributed by atoms with Crippen LogP contribution in [0.15, 0.2) is 200 Å². The van der Waals surface area contributed by atoms with E-state index in [4.69, 9.17) is 0 Å². The van der Waals surface area contributed by atoms with Gasteiger partial charge in [-0.2, -0.15) is 0 Å². The number of rotatable bonds is 2. The Morgan fingerprint density at radius 3 is 1.98 bits per heavy atom. The third-order valence-corrected chi connectivity index (χ3v) is 11.8. The molecule has 2 heteroatoms. The summed E-state index contributed by atoms with van der Waals surface area (Å²) in [6, 6.07) is 61.9. The van der Waals surface area contributed by atoms with E-state index in [-0.39, 0.29) is 5.41 Å². The molecule has 55 heavy (non-hydrogen) atoms. The molecule has 1 spiro atoms. The van der Waals surface area contributed by atoms with Crippen molar-refractivity contribution in [3.8, 4) is 16.8 Å². The van der Waals surface area contributed by atoms with E-state index in [9.17, 15) is 0 Å². The summed E-state index contributed by atoms with van der Waals surface area (Å²) in [6.45, 7) is 4.00. The summed E-state index contributed by atoms with van der Waals surface area (Å²) < 4.78 is 2.28. The summed E-state index contributed by atoms with van der Waals surface area (Å²) in [7, 11) is 0. The zero-order valence-electron chi connectivity index (χ0n) is 31.2. The number of aromatic nitrogens is 2. The van der Waals surface area contributed by atoms with E-state index in [2.05, 4.69) is 198 Å². The lowest BCUT2D eigenvalue weighted by molar-refractivity contribution is 0.759. The largest absolute Gasteiger partial charge is 0.361 e. The van der Waals surface area contributed by atoms with Crippen molar-refractivity contribution in [3.05, 3.63) is 228 Å². The Morgan fingerprint density at radius 1 is 0.564 bits per heavy atom. The number of hydrogen-bond acceptors (Lipinski definition) is 0. The third kappa shape index (κ3) is 5.02. The van der Waals surface area contributed by atoms with Gasteiger partial charge in [0.2, 0.25) is 0 Å². The summed E-state index contributed by atoms with van der Waals surface area (Å²) >= 11 is 0. The lowest BCUT2D eigenvalue weighted by Gasteiger charge is -2.33. The molecule has 9 aromatic rings.